The maximum atomic E-state index is 5.77. The molecule has 4 heterocycles. The first-order chi connectivity index (χ1) is 10.8. The van der Waals surface area contributed by atoms with Crippen molar-refractivity contribution in [2.45, 2.75) is 25.3 Å². The summed E-state index contributed by atoms with van der Waals surface area (Å²) in [6.07, 6.45) is 6.96. The van der Waals surface area contributed by atoms with E-state index in [2.05, 4.69) is 32.0 Å². The minimum Gasteiger partial charge on any atom is -0.375 e. The van der Waals surface area contributed by atoms with Gasteiger partial charge in [0, 0.05) is 18.9 Å². The van der Waals surface area contributed by atoms with Crippen LogP contribution in [-0.2, 0) is 0 Å². The molecule has 0 aliphatic carbocycles. The third kappa shape index (κ3) is 2.37. The number of piperidine rings is 1. The monoisotopic (exact) mass is 312 g/mol. The molecular formula is C15H16N6S. The number of aromatic nitrogens is 4. The molecule has 0 radical (unpaired) electrons. The zero-order chi connectivity index (χ0) is 14.9. The van der Waals surface area contributed by atoms with Crippen LogP contribution in [0.1, 0.15) is 31.0 Å². The molecule has 3 aromatic rings. The molecular weight excluding hydrogens is 296 g/mol. The summed E-state index contributed by atoms with van der Waals surface area (Å²) < 4.78 is 1.03. The van der Waals surface area contributed by atoms with E-state index in [9.17, 15) is 0 Å². The third-order valence-electron chi connectivity index (χ3n) is 3.94. The SMILES string of the molecule is Nc1nc2nc([C@@H]3CCCCN3c3ncccn3)ccc2s1. The van der Waals surface area contributed by atoms with E-state index in [1.807, 2.05) is 6.07 Å². The number of fused-ring (bicyclic) bond motifs is 1. The summed E-state index contributed by atoms with van der Waals surface area (Å²) in [4.78, 5) is 20.1. The summed E-state index contributed by atoms with van der Waals surface area (Å²) in [5.74, 6) is 0.770. The lowest BCUT2D eigenvalue weighted by molar-refractivity contribution is 0.458. The van der Waals surface area contributed by atoms with Crippen molar-refractivity contribution < 1.29 is 0 Å². The molecule has 0 saturated carbocycles. The summed E-state index contributed by atoms with van der Waals surface area (Å²) in [6, 6.07) is 6.17. The summed E-state index contributed by atoms with van der Waals surface area (Å²) in [7, 11) is 0. The van der Waals surface area contributed by atoms with Gasteiger partial charge in [-0.2, -0.15) is 0 Å². The van der Waals surface area contributed by atoms with E-state index in [1.54, 1.807) is 12.4 Å². The van der Waals surface area contributed by atoms with Crippen molar-refractivity contribution in [3.63, 3.8) is 0 Å². The molecule has 1 atom stereocenters. The summed E-state index contributed by atoms with van der Waals surface area (Å²) in [6.45, 7) is 0.952. The first-order valence-corrected chi connectivity index (χ1v) is 8.19. The number of hydrogen-bond donors (Lipinski definition) is 1. The second-order valence-corrected chi connectivity index (χ2v) is 6.43. The molecule has 7 heteroatoms. The Morgan fingerprint density at radius 1 is 1.14 bits per heavy atom. The highest BCUT2D eigenvalue weighted by atomic mass is 32.1. The van der Waals surface area contributed by atoms with Crippen LogP contribution in [-0.4, -0.2) is 26.5 Å². The Morgan fingerprint density at radius 2 is 2.00 bits per heavy atom. The van der Waals surface area contributed by atoms with Crippen LogP contribution in [0.25, 0.3) is 10.3 Å². The fourth-order valence-electron chi connectivity index (χ4n) is 2.95. The predicted molar refractivity (Wildman–Crippen MR) is 87.8 cm³/mol. The van der Waals surface area contributed by atoms with Crippen molar-refractivity contribution in [2.24, 2.45) is 0 Å². The Balaban J connectivity index is 1.73. The lowest BCUT2D eigenvalue weighted by atomic mass is 9.99. The number of thiazole rings is 1. The molecule has 3 aromatic heterocycles. The van der Waals surface area contributed by atoms with Gasteiger partial charge in [-0.25, -0.2) is 19.9 Å². The van der Waals surface area contributed by atoms with E-state index in [4.69, 9.17) is 10.7 Å². The molecule has 1 fully saturated rings. The molecule has 0 aromatic carbocycles. The average molecular weight is 312 g/mol. The highest BCUT2D eigenvalue weighted by Crippen LogP contribution is 2.33. The van der Waals surface area contributed by atoms with Gasteiger partial charge in [0.1, 0.15) is 0 Å². The maximum absolute atomic E-state index is 5.77. The second kappa shape index (κ2) is 5.49. The third-order valence-corrected chi connectivity index (χ3v) is 4.78. The first kappa shape index (κ1) is 13.4. The van der Waals surface area contributed by atoms with Crippen molar-refractivity contribution in [1.29, 1.82) is 0 Å². The number of nitrogen functional groups attached to an aromatic ring is 1. The molecule has 0 amide bonds. The van der Waals surface area contributed by atoms with E-state index in [1.165, 1.54) is 17.8 Å². The Hall–Kier alpha value is -2.28. The molecule has 4 rings (SSSR count). The van der Waals surface area contributed by atoms with Crippen LogP contribution in [0.2, 0.25) is 0 Å². The molecule has 0 spiro atoms. The quantitative estimate of drug-likeness (QED) is 0.783. The van der Waals surface area contributed by atoms with Gasteiger partial charge in [0.25, 0.3) is 0 Å². The van der Waals surface area contributed by atoms with Gasteiger partial charge in [-0.3, -0.25) is 0 Å². The van der Waals surface area contributed by atoms with Gasteiger partial charge in [-0.05, 0) is 37.5 Å². The predicted octanol–water partition coefficient (Wildman–Crippen LogP) is 2.80. The van der Waals surface area contributed by atoms with Crippen LogP contribution in [0, 0.1) is 0 Å². The van der Waals surface area contributed by atoms with E-state index >= 15 is 0 Å². The van der Waals surface area contributed by atoms with Gasteiger partial charge < -0.3 is 10.6 Å². The molecule has 112 valence electrons. The molecule has 6 nitrogen and oxygen atoms in total. The minimum absolute atomic E-state index is 0.198. The summed E-state index contributed by atoms with van der Waals surface area (Å²) in [5.41, 5.74) is 7.53. The van der Waals surface area contributed by atoms with Crippen LogP contribution in [0.3, 0.4) is 0 Å². The Kier molecular flexibility index (Phi) is 3.34. The van der Waals surface area contributed by atoms with E-state index in [-0.39, 0.29) is 6.04 Å². The van der Waals surface area contributed by atoms with Crippen molar-refractivity contribution in [1.82, 2.24) is 19.9 Å². The highest BCUT2D eigenvalue weighted by molar-refractivity contribution is 7.21. The van der Waals surface area contributed by atoms with Crippen molar-refractivity contribution in [2.75, 3.05) is 17.2 Å². The fourth-order valence-corrected chi connectivity index (χ4v) is 3.63. The van der Waals surface area contributed by atoms with Gasteiger partial charge in [0.15, 0.2) is 10.8 Å². The number of anilines is 2. The van der Waals surface area contributed by atoms with Crippen molar-refractivity contribution >= 4 is 32.8 Å². The largest absolute Gasteiger partial charge is 0.375 e. The molecule has 22 heavy (non-hydrogen) atoms. The van der Waals surface area contributed by atoms with E-state index < -0.39 is 0 Å². The molecule has 2 N–H and O–H groups in total. The molecule has 1 aliphatic heterocycles. The molecule has 1 saturated heterocycles. The minimum atomic E-state index is 0.198. The van der Waals surface area contributed by atoms with Crippen LogP contribution in [0.15, 0.2) is 30.6 Å². The number of nitrogens with two attached hydrogens (primary N) is 1. The van der Waals surface area contributed by atoms with E-state index in [0.29, 0.717) is 5.13 Å². The average Bonchev–Trinajstić information content (AvgIpc) is 2.95. The lowest BCUT2D eigenvalue weighted by Gasteiger charge is -2.35. The van der Waals surface area contributed by atoms with E-state index in [0.717, 1.165) is 41.4 Å². The molecule has 0 bridgehead atoms. The zero-order valence-electron chi connectivity index (χ0n) is 12.0. The molecule has 0 unspecified atom stereocenters. The molecule has 1 aliphatic rings. The second-order valence-electron chi connectivity index (χ2n) is 5.36. The Morgan fingerprint density at radius 3 is 2.86 bits per heavy atom. The van der Waals surface area contributed by atoms with Crippen LogP contribution in [0.5, 0.6) is 0 Å². The fraction of sp³-hybridized carbons (Fsp3) is 0.333. The number of pyridine rings is 1. The highest BCUT2D eigenvalue weighted by Gasteiger charge is 2.27. The normalized spacial score (nSPS) is 18.7. The standard InChI is InChI=1S/C15H16N6S/c16-14-20-13-12(22-14)6-5-10(19-13)11-4-1-2-9-21(11)15-17-7-3-8-18-15/h3,5-8,11H,1-2,4,9H2,(H2,16,19,20)/t11-/m0/s1. The maximum Gasteiger partial charge on any atom is 0.225 e. The van der Waals surface area contributed by atoms with Crippen molar-refractivity contribution in [3.05, 3.63) is 36.3 Å². The Labute approximate surface area is 132 Å². The Bertz CT molecular complexity index is 787. The number of hydrogen-bond acceptors (Lipinski definition) is 7. The number of rotatable bonds is 2. The lowest BCUT2D eigenvalue weighted by Crippen LogP contribution is -2.35. The van der Waals surface area contributed by atoms with Crippen molar-refractivity contribution in [3.8, 4) is 0 Å². The summed E-state index contributed by atoms with van der Waals surface area (Å²) >= 11 is 1.47. The van der Waals surface area contributed by atoms with Gasteiger partial charge in [0.05, 0.1) is 16.4 Å². The summed E-state index contributed by atoms with van der Waals surface area (Å²) in [5, 5.41) is 0.562. The van der Waals surface area contributed by atoms with Crippen LogP contribution in [0.4, 0.5) is 11.1 Å². The topological polar surface area (TPSA) is 80.8 Å². The van der Waals surface area contributed by atoms with Gasteiger partial charge in [0.2, 0.25) is 5.95 Å². The first-order valence-electron chi connectivity index (χ1n) is 7.38. The van der Waals surface area contributed by atoms with Crippen LogP contribution < -0.4 is 10.6 Å². The van der Waals surface area contributed by atoms with Crippen LogP contribution >= 0.6 is 11.3 Å². The van der Waals surface area contributed by atoms with Gasteiger partial charge in [-0.15, -0.1) is 0 Å². The smallest absolute Gasteiger partial charge is 0.225 e. The van der Waals surface area contributed by atoms with Gasteiger partial charge in [-0.1, -0.05) is 11.3 Å². The van der Waals surface area contributed by atoms with Gasteiger partial charge >= 0.3 is 0 Å². The zero-order valence-corrected chi connectivity index (χ0v) is 12.8. The number of nitrogens with zero attached hydrogens (tertiary/aromatic N) is 5.